The summed E-state index contributed by atoms with van der Waals surface area (Å²) in [6.45, 7) is 0. The lowest BCUT2D eigenvalue weighted by Crippen LogP contribution is -2.09. The normalized spacial score (nSPS) is 12.0. The molecule has 0 amide bonds. The average molecular weight is 346 g/mol. The van der Waals surface area contributed by atoms with Crippen molar-refractivity contribution in [1.29, 1.82) is 0 Å². The zero-order chi connectivity index (χ0) is 17.6. The highest BCUT2D eigenvalue weighted by molar-refractivity contribution is 5.83. The Kier molecular flexibility index (Phi) is 3.20. The first kappa shape index (κ1) is 15.1. The number of fused-ring (bicyclic) bond motifs is 1. The van der Waals surface area contributed by atoms with Crippen molar-refractivity contribution in [2.24, 2.45) is 0 Å². The molecular formula is C15H9F3N6O. The van der Waals surface area contributed by atoms with Gasteiger partial charge >= 0.3 is 6.18 Å². The number of rotatable bonds is 2. The molecule has 0 aliphatic rings. The lowest BCUT2D eigenvalue weighted by Gasteiger charge is -2.01. The van der Waals surface area contributed by atoms with E-state index in [9.17, 15) is 18.0 Å². The van der Waals surface area contributed by atoms with Crippen molar-refractivity contribution in [2.45, 2.75) is 6.18 Å². The summed E-state index contributed by atoms with van der Waals surface area (Å²) in [5.74, 6) is -0.0382. The molecule has 0 saturated carbocycles. The van der Waals surface area contributed by atoms with Gasteiger partial charge in [0.05, 0.1) is 23.8 Å². The molecule has 3 aromatic heterocycles. The summed E-state index contributed by atoms with van der Waals surface area (Å²) in [4.78, 5) is 18.7. The maximum Gasteiger partial charge on any atom is 0.419 e. The molecule has 10 heteroatoms. The van der Waals surface area contributed by atoms with Crippen molar-refractivity contribution in [1.82, 2.24) is 29.5 Å². The van der Waals surface area contributed by atoms with Gasteiger partial charge in [-0.3, -0.25) is 4.79 Å². The molecule has 3 heterocycles. The molecule has 25 heavy (non-hydrogen) atoms. The second kappa shape index (κ2) is 5.30. The van der Waals surface area contributed by atoms with Gasteiger partial charge in [-0.1, -0.05) is 18.2 Å². The minimum absolute atomic E-state index is 0.0382. The maximum absolute atomic E-state index is 12.8. The number of benzene rings is 1. The molecule has 4 rings (SSSR count). The number of hydrogen-bond acceptors (Lipinski definition) is 4. The fourth-order valence-electron chi connectivity index (χ4n) is 2.44. The molecule has 0 unspecified atom stereocenters. The number of para-hydroxylation sites is 1. The SMILES string of the molecule is O=c1[nH]cnc2c1c(-n1cc(C(F)(F)F)cn1)nn2-c1ccccc1. The van der Waals surface area contributed by atoms with Gasteiger partial charge in [-0.25, -0.2) is 14.3 Å². The average Bonchev–Trinajstić information content (AvgIpc) is 3.20. The molecule has 1 aromatic carbocycles. The van der Waals surface area contributed by atoms with Gasteiger partial charge in [-0.2, -0.15) is 18.3 Å². The molecule has 0 bridgehead atoms. The van der Waals surface area contributed by atoms with Crippen molar-refractivity contribution < 1.29 is 13.2 Å². The van der Waals surface area contributed by atoms with Gasteiger partial charge in [0.25, 0.3) is 5.56 Å². The molecule has 0 fully saturated rings. The van der Waals surface area contributed by atoms with Gasteiger partial charge in [0, 0.05) is 6.20 Å². The van der Waals surface area contributed by atoms with Gasteiger partial charge in [-0.15, -0.1) is 5.10 Å². The van der Waals surface area contributed by atoms with E-state index in [1.54, 1.807) is 30.3 Å². The first-order valence-corrected chi connectivity index (χ1v) is 7.09. The molecule has 0 radical (unpaired) electrons. The number of aromatic nitrogens is 6. The summed E-state index contributed by atoms with van der Waals surface area (Å²) in [7, 11) is 0. The Balaban J connectivity index is 1.99. The van der Waals surface area contributed by atoms with Crippen LogP contribution in [-0.2, 0) is 6.18 Å². The van der Waals surface area contributed by atoms with E-state index in [1.807, 2.05) is 0 Å². The number of nitrogens with one attached hydrogen (secondary N) is 1. The maximum atomic E-state index is 12.8. The Morgan fingerprint density at radius 2 is 1.88 bits per heavy atom. The van der Waals surface area contributed by atoms with Crippen molar-refractivity contribution in [3.8, 4) is 11.5 Å². The van der Waals surface area contributed by atoms with Crippen LogP contribution in [0.5, 0.6) is 0 Å². The summed E-state index contributed by atoms with van der Waals surface area (Å²) in [6, 6.07) is 8.82. The molecule has 0 saturated heterocycles. The van der Waals surface area contributed by atoms with Gasteiger partial charge < -0.3 is 4.98 Å². The Labute approximate surface area is 137 Å². The first-order chi connectivity index (χ1) is 11.9. The van der Waals surface area contributed by atoms with E-state index in [2.05, 4.69) is 20.2 Å². The van der Waals surface area contributed by atoms with Crippen LogP contribution in [0.3, 0.4) is 0 Å². The number of H-pyrrole nitrogens is 1. The Hall–Kier alpha value is -3.43. The van der Waals surface area contributed by atoms with Crippen LogP contribution in [0, 0.1) is 0 Å². The van der Waals surface area contributed by atoms with Gasteiger partial charge in [0.1, 0.15) is 5.39 Å². The van der Waals surface area contributed by atoms with Gasteiger partial charge in [0.15, 0.2) is 11.5 Å². The fraction of sp³-hybridized carbons (Fsp3) is 0.0667. The Morgan fingerprint density at radius 3 is 2.56 bits per heavy atom. The van der Waals surface area contributed by atoms with E-state index in [0.717, 1.165) is 10.9 Å². The minimum atomic E-state index is -4.54. The highest BCUT2D eigenvalue weighted by Crippen LogP contribution is 2.29. The van der Waals surface area contributed by atoms with E-state index in [4.69, 9.17) is 0 Å². The largest absolute Gasteiger partial charge is 0.419 e. The van der Waals surface area contributed by atoms with Crippen LogP contribution in [-0.4, -0.2) is 29.5 Å². The molecular weight excluding hydrogens is 337 g/mol. The summed E-state index contributed by atoms with van der Waals surface area (Å²) in [5.41, 5.74) is -0.629. The molecule has 7 nitrogen and oxygen atoms in total. The smallest absolute Gasteiger partial charge is 0.312 e. The summed E-state index contributed by atoms with van der Waals surface area (Å²) in [5, 5.41) is 7.99. The molecule has 0 spiro atoms. The zero-order valence-corrected chi connectivity index (χ0v) is 12.4. The van der Waals surface area contributed by atoms with Crippen LogP contribution >= 0.6 is 0 Å². The van der Waals surface area contributed by atoms with E-state index >= 15 is 0 Å². The number of hydrogen-bond donors (Lipinski definition) is 1. The quantitative estimate of drug-likeness (QED) is 0.604. The standard InChI is InChI=1S/C15H9F3N6O/c16-15(17,18)9-6-21-23(7-9)13-11-12(19-8-20-14(11)25)24(22-13)10-4-2-1-3-5-10/h1-8H,(H,19,20,25). The van der Waals surface area contributed by atoms with Gasteiger partial charge in [-0.05, 0) is 12.1 Å². The van der Waals surface area contributed by atoms with Crippen molar-refractivity contribution in [3.63, 3.8) is 0 Å². The third kappa shape index (κ3) is 2.47. The van der Waals surface area contributed by atoms with E-state index < -0.39 is 17.3 Å². The molecule has 126 valence electrons. The predicted molar refractivity (Wildman–Crippen MR) is 81.6 cm³/mol. The van der Waals surface area contributed by atoms with E-state index in [0.29, 0.717) is 11.9 Å². The van der Waals surface area contributed by atoms with Crippen molar-refractivity contribution >= 4 is 11.0 Å². The lowest BCUT2D eigenvalue weighted by molar-refractivity contribution is -0.137. The fourth-order valence-corrected chi connectivity index (χ4v) is 2.44. The molecule has 0 aliphatic heterocycles. The molecule has 0 aliphatic carbocycles. The Morgan fingerprint density at radius 1 is 1.12 bits per heavy atom. The zero-order valence-electron chi connectivity index (χ0n) is 12.4. The predicted octanol–water partition coefficient (Wildman–Crippen LogP) is 2.31. The molecule has 4 aromatic rings. The van der Waals surface area contributed by atoms with Crippen LogP contribution < -0.4 is 5.56 Å². The number of nitrogens with zero attached hydrogens (tertiary/aromatic N) is 5. The van der Waals surface area contributed by atoms with Gasteiger partial charge in [0.2, 0.25) is 0 Å². The Bertz CT molecular complexity index is 1110. The molecule has 1 N–H and O–H groups in total. The van der Waals surface area contributed by atoms with Crippen LogP contribution in [0.15, 0.2) is 53.8 Å². The highest BCUT2D eigenvalue weighted by atomic mass is 19.4. The highest BCUT2D eigenvalue weighted by Gasteiger charge is 2.33. The third-order valence-electron chi connectivity index (χ3n) is 3.58. The summed E-state index contributed by atoms with van der Waals surface area (Å²) >= 11 is 0. The second-order valence-electron chi connectivity index (χ2n) is 5.17. The minimum Gasteiger partial charge on any atom is -0.312 e. The topological polar surface area (TPSA) is 81.4 Å². The first-order valence-electron chi connectivity index (χ1n) is 7.09. The molecule has 0 atom stereocenters. The van der Waals surface area contributed by atoms with Crippen molar-refractivity contribution in [3.05, 3.63) is 65.0 Å². The van der Waals surface area contributed by atoms with Crippen LogP contribution in [0.25, 0.3) is 22.5 Å². The third-order valence-corrected chi connectivity index (χ3v) is 3.58. The van der Waals surface area contributed by atoms with E-state index in [1.165, 1.54) is 11.0 Å². The summed E-state index contributed by atoms with van der Waals surface area (Å²) < 4.78 is 40.8. The number of halogens is 3. The van der Waals surface area contributed by atoms with Crippen LogP contribution in [0.1, 0.15) is 5.56 Å². The summed E-state index contributed by atoms with van der Waals surface area (Å²) in [6.07, 6.45) is -1.87. The van der Waals surface area contributed by atoms with E-state index in [-0.39, 0.29) is 16.9 Å². The van der Waals surface area contributed by atoms with Crippen LogP contribution in [0.4, 0.5) is 13.2 Å². The number of aromatic amines is 1. The van der Waals surface area contributed by atoms with Crippen molar-refractivity contribution in [2.75, 3.05) is 0 Å². The van der Waals surface area contributed by atoms with Crippen LogP contribution in [0.2, 0.25) is 0 Å². The lowest BCUT2D eigenvalue weighted by atomic mass is 10.3. The second-order valence-corrected chi connectivity index (χ2v) is 5.17. The number of alkyl halides is 3. The monoisotopic (exact) mass is 346 g/mol.